The van der Waals surface area contributed by atoms with E-state index in [9.17, 15) is 4.79 Å². The summed E-state index contributed by atoms with van der Waals surface area (Å²) in [5.74, 6) is -0.138. The maximum absolute atomic E-state index is 11.2. The summed E-state index contributed by atoms with van der Waals surface area (Å²) in [5, 5.41) is 1.19. The summed E-state index contributed by atoms with van der Waals surface area (Å²) in [6.07, 6.45) is 3.53. The third kappa shape index (κ3) is 2.33. The lowest BCUT2D eigenvalue weighted by Gasteiger charge is -2.33. The van der Waals surface area contributed by atoms with E-state index in [0.717, 1.165) is 31.4 Å². The molecule has 104 valence electrons. The van der Waals surface area contributed by atoms with Crippen LogP contribution in [0.4, 0.5) is 5.69 Å². The van der Waals surface area contributed by atoms with Crippen LogP contribution in [0.5, 0.6) is 0 Å². The number of fused-ring (bicyclic) bond motifs is 1. The van der Waals surface area contributed by atoms with E-state index in [1.165, 1.54) is 16.6 Å². The van der Waals surface area contributed by atoms with Gasteiger partial charge in [0, 0.05) is 36.3 Å². The van der Waals surface area contributed by atoms with E-state index in [1.54, 1.807) is 0 Å². The molecule has 1 saturated heterocycles. The number of piperidine rings is 1. The predicted octanol–water partition coefficient (Wildman–Crippen LogP) is 2.24. The van der Waals surface area contributed by atoms with E-state index in [1.807, 2.05) is 6.20 Å². The van der Waals surface area contributed by atoms with Gasteiger partial charge in [-0.05, 0) is 38.0 Å². The van der Waals surface area contributed by atoms with Crippen molar-refractivity contribution in [2.75, 3.05) is 18.0 Å². The summed E-state index contributed by atoms with van der Waals surface area (Å²) in [6, 6.07) is 8.38. The number of carbonyl (C=O) groups excluding carboxylic acids is 1. The van der Waals surface area contributed by atoms with Crippen LogP contribution < -0.4 is 10.6 Å². The van der Waals surface area contributed by atoms with Crippen LogP contribution in [0.25, 0.3) is 10.9 Å². The van der Waals surface area contributed by atoms with Crippen molar-refractivity contribution in [2.45, 2.75) is 19.8 Å². The van der Waals surface area contributed by atoms with Gasteiger partial charge in [0.2, 0.25) is 5.91 Å². The molecule has 0 aliphatic carbocycles. The number of nitrogens with two attached hydrogens (primary N) is 1. The van der Waals surface area contributed by atoms with Crippen LogP contribution in [0.1, 0.15) is 18.4 Å². The van der Waals surface area contributed by atoms with Crippen LogP contribution >= 0.6 is 0 Å². The first-order valence-electron chi connectivity index (χ1n) is 7.05. The van der Waals surface area contributed by atoms with Crippen molar-refractivity contribution in [1.29, 1.82) is 0 Å². The molecule has 0 unspecified atom stereocenters. The van der Waals surface area contributed by atoms with Crippen molar-refractivity contribution in [1.82, 2.24) is 4.98 Å². The standard InChI is InChI=1S/C16H19N3O/c1-11-2-3-14-13(10-11)15(4-7-18-14)19-8-5-12(6-9-19)16(17)20/h2-4,7,10,12H,5-6,8-9H2,1H3,(H2,17,20). The molecule has 0 radical (unpaired) electrons. The highest BCUT2D eigenvalue weighted by Gasteiger charge is 2.24. The third-order valence-corrected chi connectivity index (χ3v) is 4.11. The fourth-order valence-electron chi connectivity index (χ4n) is 2.93. The lowest BCUT2D eigenvalue weighted by molar-refractivity contribution is -0.122. The molecular formula is C16H19N3O. The summed E-state index contributed by atoms with van der Waals surface area (Å²) in [4.78, 5) is 18.0. The van der Waals surface area contributed by atoms with Crippen LogP contribution in [-0.2, 0) is 4.79 Å². The van der Waals surface area contributed by atoms with Gasteiger partial charge < -0.3 is 10.6 Å². The van der Waals surface area contributed by atoms with Crippen LogP contribution in [0.3, 0.4) is 0 Å². The quantitative estimate of drug-likeness (QED) is 0.909. The first-order valence-corrected chi connectivity index (χ1v) is 7.05. The molecule has 0 atom stereocenters. The Balaban J connectivity index is 1.91. The number of benzene rings is 1. The highest BCUT2D eigenvalue weighted by molar-refractivity contribution is 5.92. The van der Waals surface area contributed by atoms with E-state index in [2.05, 4.69) is 41.1 Å². The molecular weight excluding hydrogens is 250 g/mol. The maximum Gasteiger partial charge on any atom is 0.220 e. The zero-order valence-electron chi connectivity index (χ0n) is 11.7. The second-order valence-corrected chi connectivity index (χ2v) is 5.51. The number of hydrogen-bond acceptors (Lipinski definition) is 3. The Bertz CT molecular complexity index is 645. The molecule has 1 fully saturated rings. The molecule has 2 aromatic rings. The van der Waals surface area contributed by atoms with Crippen molar-refractivity contribution in [3.63, 3.8) is 0 Å². The first-order chi connectivity index (χ1) is 9.65. The molecule has 4 heteroatoms. The summed E-state index contributed by atoms with van der Waals surface area (Å²) in [6.45, 7) is 3.84. The molecule has 1 amide bonds. The number of amides is 1. The lowest BCUT2D eigenvalue weighted by atomic mass is 9.95. The smallest absolute Gasteiger partial charge is 0.220 e. The zero-order valence-corrected chi connectivity index (χ0v) is 11.7. The average Bonchev–Trinajstić information content (AvgIpc) is 2.46. The number of nitrogens with zero attached hydrogens (tertiary/aromatic N) is 2. The number of hydrogen-bond donors (Lipinski definition) is 1. The Labute approximate surface area is 118 Å². The largest absolute Gasteiger partial charge is 0.371 e. The van der Waals surface area contributed by atoms with E-state index in [0.29, 0.717) is 0 Å². The van der Waals surface area contributed by atoms with Gasteiger partial charge in [-0.3, -0.25) is 9.78 Å². The van der Waals surface area contributed by atoms with Gasteiger partial charge in [-0.25, -0.2) is 0 Å². The van der Waals surface area contributed by atoms with Gasteiger partial charge in [0.15, 0.2) is 0 Å². The first kappa shape index (κ1) is 12.9. The zero-order chi connectivity index (χ0) is 14.1. The van der Waals surface area contributed by atoms with Crippen molar-refractivity contribution >= 4 is 22.5 Å². The summed E-state index contributed by atoms with van der Waals surface area (Å²) >= 11 is 0. The number of aromatic nitrogens is 1. The Morgan fingerprint density at radius 3 is 2.75 bits per heavy atom. The molecule has 2 N–H and O–H groups in total. The predicted molar refractivity (Wildman–Crippen MR) is 80.6 cm³/mol. The maximum atomic E-state index is 11.2. The molecule has 3 rings (SSSR count). The Hall–Kier alpha value is -2.10. The molecule has 0 saturated carbocycles. The third-order valence-electron chi connectivity index (χ3n) is 4.11. The van der Waals surface area contributed by atoms with Crippen molar-refractivity contribution in [2.24, 2.45) is 11.7 Å². The van der Waals surface area contributed by atoms with Gasteiger partial charge in [0.25, 0.3) is 0 Å². The lowest BCUT2D eigenvalue weighted by Crippen LogP contribution is -2.38. The van der Waals surface area contributed by atoms with Gasteiger partial charge in [0.05, 0.1) is 5.52 Å². The van der Waals surface area contributed by atoms with Crippen molar-refractivity contribution in [3.8, 4) is 0 Å². The van der Waals surface area contributed by atoms with Crippen LogP contribution in [0.2, 0.25) is 0 Å². The number of anilines is 1. The van der Waals surface area contributed by atoms with Crippen LogP contribution in [-0.4, -0.2) is 24.0 Å². The summed E-state index contributed by atoms with van der Waals surface area (Å²) in [5.41, 5.74) is 8.86. The van der Waals surface area contributed by atoms with Gasteiger partial charge in [-0.15, -0.1) is 0 Å². The fourth-order valence-corrected chi connectivity index (χ4v) is 2.93. The van der Waals surface area contributed by atoms with Crippen LogP contribution in [0, 0.1) is 12.8 Å². The van der Waals surface area contributed by atoms with E-state index in [-0.39, 0.29) is 11.8 Å². The second-order valence-electron chi connectivity index (χ2n) is 5.51. The molecule has 1 aromatic carbocycles. The van der Waals surface area contributed by atoms with Gasteiger partial charge in [-0.2, -0.15) is 0 Å². The monoisotopic (exact) mass is 269 g/mol. The summed E-state index contributed by atoms with van der Waals surface area (Å²) < 4.78 is 0. The van der Waals surface area contributed by atoms with Gasteiger partial charge >= 0.3 is 0 Å². The minimum Gasteiger partial charge on any atom is -0.371 e. The molecule has 4 nitrogen and oxygen atoms in total. The fraction of sp³-hybridized carbons (Fsp3) is 0.375. The number of pyridine rings is 1. The Morgan fingerprint density at radius 1 is 1.30 bits per heavy atom. The number of primary amides is 1. The number of carbonyl (C=O) groups is 1. The van der Waals surface area contributed by atoms with Crippen molar-refractivity contribution < 1.29 is 4.79 Å². The topological polar surface area (TPSA) is 59.2 Å². The molecule has 1 aliphatic rings. The van der Waals surface area contributed by atoms with Gasteiger partial charge in [-0.1, -0.05) is 11.6 Å². The Morgan fingerprint density at radius 2 is 2.05 bits per heavy atom. The molecule has 1 aromatic heterocycles. The molecule has 20 heavy (non-hydrogen) atoms. The molecule has 0 spiro atoms. The number of aryl methyl sites for hydroxylation is 1. The van der Waals surface area contributed by atoms with Gasteiger partial charge in [0.1, 0.15) is 0 Å². The summed E-state index contributed by atoms with van der Waals surface area (Å²) in [7, 11) is 0. The highest BCUT2D eigenvalue weighted by Crippen LogP contribution is 2.29. The second kappa shape index (κ2) is 5.12. The average molecular weight is 269 g/mol. The SMILES string of the molecule is Cc1ccc2nccc(N3CCC(C(N)=O)CC3)c2c1. The van der Waals surface area contributed by atoms with E-state index >= 15 is 0 Å². The minimum absolute atomic E-state index is 0.0288. The molecule has 2 heterocycles. The minimum atomic E-state index is -0.167. The molecule has 1 aliphatic heterocycles. The van der Waals surface area contributed by atoms with Crippen LogP contribution in [0.15, 0.2) is 30.5 Å². The number of rotatable bonds is 2. The molecule has 0 bridgehead atoms. The normalized spacial score (nSPS) is 16.6. The van der Waals surface area contributed by atoms with E-state index in [4.69, 9.17) is 5.73 Å². The Kier molecular flexibility index (Phi) is 3.30. The van der Waals surface area contributed by atoms with Crippen molar-refractivity contribution in [3.05, 3.63) is 36.0 Å². The highest BCUT2D eigenvalue weighted by atomic mass is 16.1. The van der Waals surface area contributed by atoms with E-state index < -0.39 is 0 Å².